The molecule has 0 aliphatic carbocycles. The van der Waals surface area contributed by atoms with Crippen LogP contribution in [0.5, 0.6) is 0 Å². The third kappa shape index (κ3) is 4.26. The molecule has 0 rings (SSSR count). The Morgan fingerprint density at radius 3 is 2.22 bits per heavy atom. The van der Waals surface area contributed by atoms with Crippen molar-refractivity contribution in [2.24, 2.45) is 5.92 Å². The molecule has 0 saturated carbocycles. The first-order valence-electron chi connectivity index (χ1n) is 3.67. The third-order valence-electron chi connectivity index (χ3n) is 1.41. The molecular formula is C9H17. The number of hydrogen-bond acceptors (Lipinski definition) is 0. The molecule has 0 heteroatoms. The first-order chi connectivity index (χ1) is 4.20. The molecule has 53 valence electrons. The number of hydrogen-bond donors (Lipinski definition) is 0. The summed E-state index contributed by atoms with van der Waals surface area (Å²) in [5.41, 5.74) is 0. The van der Waals surface area contributed by atoms with Gasteiger partial charge in [-0.3, -0.25) is 0 Å². The fourth-order valence-corrected chi connectivity index (χ4v) is 0.896. The van der Waals surface area contributed by atoms with E-state index in [2.05, 4.69) is 27.4 Å². The Balaban J connectivity index is 3.42. The van der Waals surface area contributed by atoms with E-state index >= 15 is 0 Å². The zero-order valence-corrected chi connectivity index (χ0v) is 6.78. The Hall–Kier alpha value is -0.260. The molecule has 0 unspecified atom stereocenters. The van der Waals surface area contributed by atoms with Crippen LogP contribution in [-0.4, -0.2) is 0 Å². The van der Waals surface area contributed by atoms with E-state index < -0.39 is 0 Å². The molecule has 0 bridgehead atoms. The van der Waals surface area contributed by atoms with Crippen LogP contribution in [0.4, 0.5) is 0 Å². The van der Waals surface area contributed by atoms with Crippen LogP contribution in [0.2, 0.25) is 0 Å². The van der Waals surface area contributed by atoms with E-state index in [-0.39, 0.29) is 0 Å². The second-order valence-corrected chi connectivity index (χ2v) is 2.81. The summed E-state index contributed by atoms with van der Waals surface area (Å²) in [5, 5.41) is 0. The Kier molecular flexibility index (Phi) is 4.47. The van der Waals surface area contributed by atoms with Crippen LogP contribution in [-0.2, 0) is 0 Å². The van der Waals surface area contributed by atoms with Gasteiger partial charge in [0.05, 0.1) is 0 Å². The number of rotatable bonds is 4. The highest BCUT2D eigenvalue weighted by Crippen LogP contribution is 2.17. The molecule has 0 N–H and O–H groups in total. The highest BCUT2D eigenvalue weighted by atomic mass is 14.1. The molecule has 0 fully saturated rings. The summed E-state index contributed by atoms with van der Waals surface area (Å²) in [6.45, 7) is 10.4. The molecule has 1 radical (unpaired) electrons. The molecule has 0 spiro atoms. The predicted octanol–water partition coefficient (Wildman–Crippen LogP) is 3.20. The Morgan fingerprint density at radius 1 is 1.56 bits per heavy atom. The zero-order valence-electron chi connectivity index (χ0n) is 6.78. The summed E-state index contributed by atoms with van der Waals surface area (Å²) in [7, 11) is 0. The lowest BCUT2D eigenvalue weighted by Gasteiger charge is -2.10. The Labute approximate surface area is 59.0 Å². The van der Waals surface area contributed by atoms with Gasteiger partial charge in [-0.2, -0.15) is 0 Å². The maximum atomic E-state index is 3.75. The predicted molar refractivity (Wildman–Crippen MR) is 43.2 cm³/mol. The standard InChI is InChI=1S/C9H17/c1-5-9(6-2)7-8(3)4/h5,8H,1,6-7H2,2-4H3. The Morgan fingerprint density at radius 2 is 2.11 bits per heavy atom. The minimum atomic E-state index is 0.776. The van der Waals surface area contributed by atoms with Crippen molar-refractivity contribution in [1.29, 1.82) is 0 Å². The summed E-state index contributed by atoms with van der Waals surface area (Å²) >= 11 is 0. The fourth-order valence-electron chi connectivity index (χ4n) is 0.896. The van der Waals surface area contributed by atoms with Crippen molar-refractivity contribution in [2.75, 3.05) is 0 Å². The Bertz CT molecular complexity index is 72.1. The number of allylic oxidation sites excluding steroid dienone is 1. The van der Waals surface area contributed by atoms with E-state index in [0.717, 1.165) is 12.3 Å². The quantitative estimate of drug-likeness (QED) is 0.541. The first kappa shape index (κ1) is 8.74. The molecule has 0 heterocycles. The molecule has 0 aliphatic heterocycles. The maximum Gasteiger partial charge on any atom is -0.00303 e. The average molecular weight is 125 g/mol. The first-order valence-corrected chi connectivity index (χ1v) is 3.67. The van der Waals surface area contributed by atoms with Gasteiger partial charge in [-0.1, -0.05) is 26.8 Å². The second kappa shape index (κ2) is 4.60. The molecule has 0 amide bonds. The lowest BCUT2D eigenvalue weighted by molar-refractivity contribution is 0.596. The van der Waals surface area contributed by atoms with E-state index in [1.807, 2.05) is 6.08 Å². The zero-order chi connectivity index (χ0) is 7.28. The summed E-state index contributed by atoms with van der Waals surface area (Å²) in [6, 6.07) is 0. The minimum absolute atomic E-state index is 0.776. The van der Waals surface area contributed by atoms with E-state index in [1.165, 1.54) is 12.3 Å². The van der Waals surface area contributed by atoms with Gasteiger partial charge in [0.2, 0.25) is 0 Å². The van der Waals surface area contributed by atoms with Crippen molar-refractivity contribution in [3.8, 4) is 0 Å². The van der Waals surface area contributed by atoms with E-state index in [1.54, 1.807) is 0 Å². The van der Waals surface area contributed by atoms with Crippen LogP contribution in [0, 0.1) is 11.8 Å². The summed E-state index contributed by atoms with van der Waals surface area (Å²) in [5.74, 6) is 2.25. The van der Waals surface area contributed by atoms with Crippen molar-refractivity contribution in [2.45, 2.75) is 33.6 Å². The fraction of sp³-hybridized carbons (Fsp3) is 0.667. The molecule has 0 saturated heterocycles. The lowest BCUT2D eigenvalue weighted by Crippen LogP contribution is -1.96. The van der Waals surface area contributed by atoms with Gasteiger partial charge in [-0.15, -0.1) is 6.58 Å². The average Bonchev–Trinajstić information content (AvgIpc) is 1.82. The van der Waals surface area contributed by atoms with Crippen LogP contribution in [0.1, 0.15) is 33.6 Å². The molecular weight excluding hydrogens is 108 g/mol. The van der Waals surface area contributed by atoms with Crippen LogP contribution < -0.4 is 0 Å². The van der Waals surface area contributed by atoms with Gasteiger partial charge in [-0.05, 0) is 24.7 Å². The van der Waals surface area contributed by atoms with E-state index in [0.29, 0.717) is 0 Å². The SMILES string of the molecule is C=C[C](CC)CC(C)C. The normalized spacial score (nSPS) is 10.8. The monoisotopic (exact) mass is 125 g/mol. The summed E-state index contributed by atoms with van der Waals surface area (Å²) in [4.78, 5) is 0. The van der Waals surface area contributed by atoms with Crippen molar-refractivity contribution < 1.29 is 0 Å². The van der Waals surface area contributed by atoms with Crippen LogP contribution >= 0.6 is 0 Å². The molecule has 0 atom stereocenters. The third-order valence-corrected chi connectivity index (χ3v) is 1.41. The van der Waals surface area contributed by atoms with Crippen LogP contribution in [0.15, 0.2) is 12.7 Å². The smallest absolute Gasteiger partial charge is 0.00303 e. The van der Waals surface area contributed by atoms with Gasteiger partial charge in [0.25, 0.3) is 0 Å². The van der Waals surface area contributed by atoms with Gasteiger partial charge in [0.1, 0.15) is 0 Å². The van der Waals surface area contributed by atoms with Crippen LogP contribution in [0.3, 0.4) is 0 Å². The van der Waals surface area contributed by atoms with Crippen molar-refractivity contribution in [3.05, 3.63) is 18.6 Å². The lowest BCUT2D eigenvalue weighted by atomic mass is 9.95. The highest BCUT2D eigenvalue weighted by Gasteiger charge is 2.03. The molecule has 0 aromatic rings. The van der Waals surface area contributed by atoms with Gasteiger partial charge in [0, 0.05) is 0 Å². The van der Waals surface area contributed by atoms with Crippen LogP contribution in [0.25, 0.3) is 0 Å². The van der Waals surface area contributed by atoms with Gasteiger partial charge in [0.15, 0.2) is 0 Å². The molecule has 0 aromatic heterocycles. The van der Waals surface area contributed by atoms with Gasteiger partial charge >= 0.3 is 0 Å². The maximum absolute atomic E-state index is 3.75. The van der Waals surface area contributed by atoms with Gasteiger partial charge in [-0.25, -0.2) is 0 Å². The molecule has 0 aliphatic rings. The summed E-state index contributed by atoms with van der Waals surface area (Å²) < 4.78 is 0. The topological polar surface area (TPSA) is 0 Å². The van der Waals surface area contributed by atoms with Crippen molar-refractivity contribution in [3.63, 3.8) is 0 Å². The van der Waals surface area contributed by atoms with Gasteiger partial charge < -0.3 is 0 Å². The van der Waals surface area contributed by atoms with E-state index in [4.69, 9.17) is 0 Å². The van der Waals surface area contributed by atoms with E-state index in [9.17, 15) is 0 Å². The summed E-state index contributed by atoms with van der Waals surface area (Å²) in [6.07, 6.45) is 4.35. The molecule has 0 nitrogen and oxygen atoms in total. The molecule has 9 heavy (non-hydrogen) atoms. The molecule has 0 aromatic carbocycles. The second-order valence-electron chi connectivity index (χ2n) is 2.81. The largest absolute Gasteiger partial charge is 0.102 e. The van der Waals surface area contributed by atoms with Crippen molar-refractivity contribution >= 4 is 0 Å². The highest BCUT2D eigenvalue weighted by molar-refractivity contribution is 5.05. The minimum Gasteiger partial charge on any atom is -0.102 e. The van der Waals surface area contributed by atoms with Crippen molar-refractivity contribution in [1.82, 2.24) is 0 Å².